The predicted molar refractivity (Wildman–Crippen MR) is 109 cm³/mol. The average molecular weight is 452 g/mol. The van der Waals surface area contributed by atoms with E-state index in [4.69, 9.17) is 27.9 Å². The topological polar surface area (TPSA) is 38.3 Å². The van der Waals surface area contributed by atoms with Crippen molar-refractivity contribution in [2.45, 2.75) is 49.8 Å². The molecular weight excluding hydrogens is 426 g/mol. The van der Waals surface area contributed by atoms with E-state index in [2.05, 4.69) is 5.32 Å². The maximum absolute atomic E-state index is 13.3. The van der Waals surface area contributed by atoms with Crippen molar-refractivity contribution in [2.75, 3.05) is 12.9 Å². The Morgan fingerprint density at radius 2 is 2.00 bits per heavy atom. The fourth-order valence-electron chi connectivity index (χ4n) is 4.12. The Labute approximate surface area is 179 Å². The molecule has 1 N–H and O–H groups in total. The van der Waals surface area contributed by atoms with Gasteiger partial charge in [-0.2, -0.15) is 13.2 Å². The third-order valence-corrected chi connectivity index (χ3v) is 6.79. The van der Waals surface area contributed by atoms with Crippen LogP contribution >= 0.6 is 23.2 Å². The first-order valence-corrected chi connectivity index (χ1v) is 10.5. The second-order valence-corrected chi connectivity index (χ2v) is 8.36. The number of halogens is 5. The SMILES string of the molecule is CCC(CC)C1(Cl)CC(OC(=O)NC)(c2cccc(C(F)(F)F)c2)C=CC1CCl. The lowest BCUT2D eigenvalue weighted by Crippen LogP contribution is -2.50. The molecule has 0 bridgehead atoms. The van der Waals surface area contributed by atoms with Crippen LogP contribution in [0.5, 0.6) is 0 Å². The van der Waals surface area contributed by atoms with Gasteiger partial charge in [-0.05, 0) is 24.1 Å². The molecule has 0 radical (unpaired) electrons. The lowest BCUT2D eigenvalue weighted by atomic mass is 9.67. The van der Waals surface area contributed by atoms with Crippen molar-refractivity contribution < 1.29 is 22.7 Å². The van der Waals surface area contributed by atoms with Gasteiger partial charge in [0.05, 0.1) is 10.4 Å². The minimum Gasteiger partial charge on any atom is -0.434 e. The number of hydrogen-bond acceptors (Lipinski definition) is 2. The van der Waals surface area contributed by atoms with Gasteiger partial charge in [-0.15, -0.1) is 23.2 Å². The van der Waals surface area contributed by atoms with Crippen LogP contribution in [0.15, 0.2) is 36.4 Å². The van der Waals surface area contributed by atoms with Crippen LogP contribution < -0.4 is 5.32 Å². The van der Waals surface area contributed by atoms with Crippen molar-refractivity contribution in [3.8, 4) is 0 Å². The lowest BCUT2D eigenvalue weighted by molar-refractivity contribution is -0.137. The Morgan fingerprint density at radius 3 is 2.52 bits per heavy atom. The van der Waals surface area contributed by atoms with Crippen LogP contribution in [-0.4, -0.2) is 23.9 Å². The fraction of sp³-hybridized carbons (Fsp3) is 0.571. The molecular formula is C21H26Cl2F3NO2. The molecule has 1 amide bonds. The lowest BCUT2D eigenvalue weighted by Gasteiger charge is -2.48. The number of carbonyl (C=O) groups excluding carboxylic acids is 1. The zero-order valence-electron chi connectivity index (χ0n) is 16.7. The van der Waals surface area contributed by atoms with Crippen molar-refractivity contribution in [2.24, 2.45) is 11.8 Å². The Kier molecular flexibility index (Phi) is 7.55. The van der Waals surface area contributed by atoms with E-state index in [1.54, 1.807) is 12.2 Å². The Hall–Kier alpha value is -1.40. The van der Waals surface area contributed by atoms with E-state index < -0.39 is 28.3 Å². The second kappa shape index (κ2) is 9.17. The van der Waals surface area contributed by atoms with Crippen LogP contribution in [0.4, 0.5) is 18.0 Å². The molecule has 2 rings (SSSR count). The molecule has 1 aromatic carbocycles. The van der Waals surface area contributed by atoms with E-state index in [9.17, 15) is 18.0 Å². The fourth-order valence-corrected chi connectivity index (χ4v) is 5.23. The maximum Gasteiger partial charge on any atom is 0.416 e. The summed E-state index contributed by atoms with van der Waals surface area (Å²) >= 11 is 13.3. The number of benzene rings is 1. The first kappa shape index (κ1) is 23.9. The molecule has 3 unspecified atom stereocenters. The highest BCUT2D eigenvalue weighted by Crippen LogP contribution is 2.52. The summed E-state index contributed by atoms with van der Waals surface area (Å²) in [7, 11) is 1.39. The van der Waals surface area contributed by atoms with Gasteiger partial charge < -0.3 is 10.1 Å². The number of hydrogen-bond donors (Lipinski definition) is 1. The molecule has 1 aromatic rings. The van der Waals surface area contributed by atoms with E-state index >= 15 is 0 Å². The van der Waals surface area contributed by atoms with E-state index in [1.807, 2.05) is 13.8 Å². The molecule has 162 valence electrons. The number of amides is 1. The minimum atomic E-state index is -4.52. The Morgan fingerprint density at radius 1 is 1.34 bits per heavy atom. The summed E-state index contributed by atoms with van der Waals surface area (Å²) in [5.41, 5.74) is -2.03. The first-order chi connectivity index (χ1) is 13.6. The number of allylic oxidation sites excluding steroid dienone is 1. The Balaban J connectivity index is 2.65. The van der Waals surface area contributed by atoms with Crippen molar-refractivity contribution in [1.29, 1.82) is 0 Å². The monoisotopic (exact) mass is 451 g/mol. The van der Waals surface area contributed by atoms with Crippen molar-refractivity contribution in [1.82, 2.24) is 5.32 Å². The molecule has 3 atom stereocenters. The van der Waals surface area contributed by atoms with Crippen molar-refractivity contribution in [3.63, 3.8) is 0 Å². The van der Waals surface area contributed by atoms with Gasteiger partial charge in [0, 0.05) is 30.8 Å². The normalized spacial score (nSPS) is 27.1. The second-order valence-electron chi connectivity index (χ2n) is 7.34. The summed E-state index contributed by atoms with van der Waals surface area (Å²) in [6, 6.07) is 4.83. The summed E-state index contributed by atoms with van der Waals surface area (Å²) in [6.45, 7) is 4.01. The number of rotatable bonds is 6. The Bertz CT molecular complexity index is 752. The van der Waals surface area contributed by atoms with Crippen LogP contribution in [0.3, 0.4) is 0 Å². The molecule has 1 aliphatic rings. The quantitative estimate of drug-likeness (QED) is 0.396. The number of carbonyl (C=O) groups is 1. The molecule has 0 saturated heterocycles. The van der Waals surface area contributed by atoms with E-state index in [0.29, 0.717) is 0 Å². The van der Waals surface area contributed by atoms with Crippen LogP contribution in [-0.2, 0) is 16.5 Å². The molecule has 3 nitrogen and oxygen atoms in total. The molecule has 0 aromatic heterocycles. The van der Waals surface area contributed by atoms with E-state index in [0.717, 1.165) is 25.0 Å². The van der Waals surface area contributed by atoms with Gasteiger partial charge in [0.2, 0.25) is 0 Å². The standard InChI is InChI=1S/C21H26Cl2F3NO2/c1-4-14(5-2)20(23)13-19(29-18(28)27-3,10-9-17(20)12-22)15-7-6-8-16(11-15)21(24,25)26/h6-11,14,17H,4-5,12-13H2,1-3H3,(H,27,28). The van der Waals surface area contributed by atoms with E-state index in [1.165, 1.54) is 19.2 Å². The molecule has 8 heteroatoms. The highest BCUT2D eigenvalue weighted by Gasteiger charge is 2.52. The van der Waals surface area contributed by atoms with E-state index in [-0.39, 0.29) is 29.7 Å². The molecule has 0 fully saturated rings. The number of nitrogens with one attached hydrogen (secondary N) is 1. The van der Waals surface area contributed by atoms with Gasteiger partial charge in [0.1, 0.15) is 0 Å². The predicted octanol–water partition coefficient (Wildman–Crippen LogP) is 6.49. The maximum atomic E-state index is 13.3. The van der Waals surface area contributed by atoms with Crippen LogP contribution in [0.2, 0.25) is 0 Å². The first-order valence-electron chi connectivity index (χ1n) is 9.59. The van der Waals surface area contributed by atoms with Gasteiger partial charge in [0.15, 0.2) is 5.60 Å². The molecule has 0 saturated carbocycles. The summed E-state index contributed by atoms with van der Waals surface area (Å²) in [5.74, 6) is 0.0917. The molecule has 0 aliphatic heterocycles. The number of alkyl carbamates (subject to hydrolysis) is 1. The minimum absolute atomic E-state index is 0.0383. The smallest absolute Gasteiger partial charge is 0.416 e. The summed E-state index contributed by atoms with van der Waals surface area (Å²) < 4.78 is 45.6. The van der Waals surface area contributed by atoms with Gasteiger partial charge in [0.25, 0.3) is 0 Å². The molecule has 1 aliphatic carbocycles. The highest BCUT2D eigenvalue weighted by atomic mass is 35.5. The number of alkyl halides is 5. The largest absolute Gasteiger partial charge is 0.434 e. The average Bonchev–Trinajstić information content (AvgIpc) is 2.68. The molecule has 0 heterocycles. The van der Waals surface area contributed by atoms with Gasteiger partial charge >= 0.3 is 12.3 Å². The zero-order valence-corrected chi connectivity index (χ0v) is 18.2. The van der Waals surface area contributed by atoms with Crippen LogP contribution in [0.25, 0.3) is 0 Å². The molecule has 0 spiro atoms. The van der Waals surface area contributed by atoms with Crippen LogP contribution in [0.1, 0.15) is 44.2 Å². The third-order valence-electron chi connectivity index (χ3n) is 5.74. The van der Waals surface area contributed by atoms with Gasteiger partial charge in [-0.3, -0.25) is 0 Å². The van der Waals surface area contributed by atoms with Gasteiger partial charge in [-0.25, -0.2) is 4.79 Å². The number of ether oxygens (including phenoxy) is 1. The molecule has 29 heavy (non-hydrogen) atoms. The zero-order chi connectivity index (χ0) is 21.9. The summed E-state index contributed by atoms with van der Waals surface area (Å²) in [6.07, 6.45) is -0.232. The van der Waals surface area contributed by atoms with Crippen molar-refractivity contribution >= 4 is 29.3 Å². The summed E-state index contributed by atoms with van der Waals surface area (Å²) in [5, 5.41) is 2.37. The highest BCUT2D eigenvalue weighted by molar-refractivity contribution is 6.26. The third kappa shape index (κ3) is 4.85. The van der Waals surface area contributed by atoms with Crippen molar-refractivity contribution in [3.05, 3.63) is 47.5 Å². The summed E-state index contributed by atoms with van der Waals surface area (Å²) in [4.78, 5) is 11.3. The van der Waals surface area contributed by atoms with Crippen LogP contribution in [0, 0.1) is 11.8 Å². The van der Waals surface area contributed by atoms with Gasteiger partial charge in [-0.1, -0.05) is 44.9 Å².